The van der Waals surface area contributed by atoms with E-state index in [2.05, 4.69) is 10.3 Å². The van der Waals surface area contributed by atoms with Crippen LogP contribution in [0.3, 0.4) is 0 Å². The number of rotatable bonds is 6. The van der Waals surface area contributed by atoms with Crippen molar-refractivity contribution in [3.63, 3.8) is 0 Å². The molecule has 3 aromatic rings. The first-order chi connectivity index (χ1) is 14.3. The van der Waals surface area contributed by atoms with Crippen LogP contribution in [0.1, 0.15) is 21.5 Å². The van der Waals surface area contributed by atoms with E-state index in [1.165, 1.54) is 24.9 Å². The maximum Gasteiger partial charge on any atom is 0.417 e. The number of imidazole rings is 1. The second-order valence-corrected chi connectivity index (χ2v) is 6.27. The molecule has 0 spiro atoms. The van der Waals surface area contributed by atoms with E-state index >= 15 is 0 Å². The highest BCUT2D eigenvalue weighted by molar-refractivity contribution is 5.90. The van der Waals surface area contributed by atoms with E-state index in [0.29, 0.717) is 11.3 Å². The van der Waals surface area contributed by atoms with Crippen molar-refractivity contribution in [1.82, 2.24) is 9.55 Å². The van der Waals surface area contributed by atoms with Gasteiger partial charge in [-0.05, 0) is 30.3 Å². The highest BCUT2D eigenvalue weighted by Crippen LogP contribution is 2.35. The molecule has 0 saturated heterocycles. The molecule has 156 valence electrons. The van der Waals surface area contributed by atoms with Gasteiger partial charge in [-0.1, -0.05) is 6.07 Å². The van der Waals surface area contributed by atoms with Gasteiger partial charge in [-0.3, -0.25) is 0 Å². The Kier molecular flexibility index (Phi) is 5.94. The van der Waals surface area contributed by atoms with Crippen LogP contribution < -0.4 is 5.32 Å². The minimum Gasteiger partial charge on any atom is -0.465 e. The third kappa shape index (κ3) is 4.21. The molecule has 2 aromatic carbocycles. The van der Waals surface area contributed by atoms with E-state index in [1.807, 2.05) is 0 Å². The molecule has 10 heteroatoms. The SMILES string of the molecule is COCCn1c(Nc2cccc(C(=O)OC)c2)nc2cc(C#N)c(C(F)(F)F)cc21. The molecule has 1 heterocycles. The lowest BCUT2D eigenvalue weighted by molar-refractivity contribution is -0.137. The summed E-state index contributed by atoms with van der Waals surface area (Å²) < 4.78 is 51.5. The number of halogens is 3. The summed E-state index contributed by atoms with van der Waals surface area (Å²) in [4.78, 5) is 16.1. The average Bonchev–Trinajstić information content (AvgIpc) is 3.05. The Hall–Kier alpha value is -3.58. The van der Waals surface area contributed by atoms with Gasteiger partial charge in [-0.15, -0.1) is 0 Å². The molecule has 0 atom stereocenters. The van der Waals surface area contributed by atoms with Gasteiger partial charge < -0.3 is 19.4 Å². The van der Waals surface area contributed by atoms with Crippen molar-refractivity contribution in [1.29, 1.82) is 5.26 Å². The largest absolute Gasteiger partial charge is 0.465 e. The van der Waals surface area contributed by atoms with Crippen LogP contribution in [0.5, 0.6) is 0 Å². The van der Waals surface area contributed by atoms with Gasteiger partial charge in [0.2, 0.25) is 5.95 Å². The van der Waals surface area contributed by atoms with Crippen molar-refractivity contribution in [3.05, 3.63) is 53.1 Å². The Morgan fingerprint density at radius 3 is 2.67 bits per heavy atom. The number of esters is 1. The van der Waals surface area contributed by atoms with Crippen LogP contribution in [0.25, 0.3) is 11.0 Å². The number of benzene rings is 2. The highest BCUT2D eigenvalue weighted by atomic mass is 19.4. The molecule has 0 aliphatic heterocycles. The number of carbonyl (C=O) groups excluding carboxylic acids is 1. The fourth-order valence-corrected chi connectivity index (χ4v) is 2.97. The minimum atomic E-state index is -4.68. The lowest BCUT2D eigenvalue weighted by Gasteiger charge is -2.12. The zero-order chi connectivity index (χ0) is 21.9. The van der Waals surface area contributed by atoms with E-state index in [1.54, 1.807) is 24.3 Å². The fraction of sp³-hybridized carbons (Fsp3) is 0.250. The molecule has 0 amide bonds. The van der Waals surface area contributed by atoms with Gasteiger partial charge in [-0.2, -0.15) is 18.4 Å². The van der Waals surface area contributed by atoms with Crippen LogP contribution in [0.2, 0.25) is 0 Å². The monoisotopic (exact) mass is 418 g/mol. The van der Waals surface area contributed by atoms with Crippen molar-refractivity contribution in [3.8, 4) is 6.07 Å². The number of nitrogens with zero attached hydrogens (tertiary/aromatic N) is 3. The number of aromatic nitrogens is 2. The molecular weight excluding hydrogens is 401 g/mol. The van der Waals surface area contributed by atoms with Crippen molar-refractivity contribution in [2.75, 3.05) is 26.1 Å². The molecule has 1 aromatic heterocycles. The minimum absolute atomic E-state index is 0.199. The first-order valence-electron chi connectivity index (χ1n) is 8.74. The highest BCUT2D eigenvalue weighted by Gasteiger charge is 2.34. The lowest BCUT2D eigenvalue weighted by Crippen LogP contribution is -2.10. The third-order valence-corrected chi connectivity index (χ3v) is 4.37. The number of nitrogens with one attached hydrogen (secondary N) is 1. The zero-order valence-corrected chi connectivity index (χ0v) is 16.1. The molecule has 0 radical (unpaired) electrons. The van der Waals surface area contributed by atoms with Gasteiger partial charge in [0.15, 0.2) is 0 Å². The summed E-state index contributed by atoms with van der Waals surface area (Å²) >= 11 is 0. The first-order valence-corrected chi connectivity index (χ1v) is 8.74. The molecule has 7 nitrogen and oxygen atoms in total. The number of anilines is 2. The quantitative estimate of drug-likeness (QED) is 0.606. The standard InChI is InChI=1S/C20H17F3N4O3/c1-29-7-6-27-17-10-15(20(21,22)23)13(11-24)9-16(17)26-19(27)25-14-5-3-4-12(8-14)18(28)30-2/h3-5,8-10H,6-7H2,1-2H3,(H,25,26). The van der Waals surface area contributed by atoms with Gasteiger partial charge in [0.05, 0.1) is 47.5 Å². The molecule has 30 heavy (non-hydrogen) atoms. The molecular formula is C20H17F3N4O3. The van der Waals surface area contributed by atoms with Crippen LogP contribution >= 0.6 is 0 Å². The number of ether oxygens (including phenoxy) is 2. The number of nitriles is 1. The summed E-state index contributed by atoms with van der Waals surface area (Å²) in [6.45, 7) is 0.443. The van der Waals surface area contributed by atoms with Crippen molar-refractivity contribution < 1.29 is 27.4 Å². The van der Waals surface area contributed by atoms with Gasteiger partial charge in [0.1, 0.15) is 0 Å². The van der Waals surface area contributed by atoms with Crippen LogP contribution in [-0.4, -0.2) is 36.3 Å². The van der Waals surface area contributed by atoms with Crippen molar-refractivity contribution in [2.45, 2.75) is 12.7 Å². The Balaban J connectivity index is 2.12. The maximum atomic E-state index is 13.4. The third-order valence-electron chi connectivity index (χ3n) is 4.37. The second-order valence-electron chi connectivity index (χ2n) is 6.27. The zero-order valence-electron chi connectivity index (χ0n) is 16.1. The van der Waals surface area contributed by atoms with Gasteiger partial charge in [-0.25, -0.2) is 9.78 Å². The molecule has 0 saturated carbocycles. The number of carbonyl (C=O) groups is 1. The van der Waals surface area contributed by atoms with E-state index in [0.717, 1.165) is 12.1 Å². The summed E-state index contributed by atoms with van der Waals surface area (Å²) in [5.74, 6) is -0.285. The summed E-state index contributed by atoms with van der Waals surface area (Å²) in [6, 6.07) is 10.0. The Labute approximate surface area is 169 Å². The Morgan fingerprint density at radius 2 is 2.03 bits per heavy atom. The number of alkyl halides is 3. The average molecular weight is 418 g/mol. The lowest BCUT2D eigenvalue weighted by atomic mass is 10.1. The molecule has 0 unspecified atom stereocenters. The first kappa shape index (κ1) is 21.1. The van der Waals surface area contributed by atoms with Gasteiger partial charge in [0, 0.05) is 19.3 Å². The molecule has 0 aliphatic carbocycles. The molecule has 1 N–H and O–H groups in total. The normalized spacial score (nSPS) is 11.3. The Bertz CT molecular complexity index is 1130. The van der Waals surface area contributed by atoms with Crippen LogP contribution in [0, 0.1) is 11.3 Å². The van der Waals surface area contributed by atoms with E-state index < -0.39 is 23.3 Å². The molecule has 0 bridgehead atoms. The molecule has 0 aliphatic rings. The summed E-state index contributed by atoms with van der Waals surface area (Å²) in [5.41, 5.74) is -0.329. The number of methoxy groups -OCH3 is 2. The maximum absolute atomic E-state index is 13.4. The van der Waals surface area contributed by atoms with E-state index in [4.69, 9.17) is 14.7 Å². The number of hydrogen-bond donors (Lipinski definition) is 1. The van der Waals surface area contributed by atoms with Crippen LogP contribution in [0.4, 0.5) is 24.8 Å². The summed E-state index contributed by atoms with van der Waals surface area (Å²) in [7, 11) is 2.73. The van der Waals surface area contributed by atoms with Gasteiger partial charge in [0.25, 0.3) is 0 Å². The number of hydrogen-bond acceptors (Lipinski definition) is 6. The topological polar surface area (TPSA) is 89.2 Å². The van der Waals surface area contributed by atoms with Crippen LogP contribution in [-0.2, 0) is 22.2 Å². The van der Waals surface area contributed by atoms with Crippen molar-refractivity contribution >= 4 is 28.6 Å². The predicted octanol–water partition coefficient (Wildman–Crippen LogP) is 4.10. The summed E-state index contributed by atoms with van der Waals surface area (Å²) in [6.07, 6.45) is -4.68. The van der Waals surface area contributed by atoms with Crippen LogP contribution in [0.15, 0.2) is 36.4 Å². The summed E-state index contributed by atoms with van der Waals surface area (Å²) in [5, 5.41) is 12.1. The molecule has 3 rings (SSSR count). The smallest absolute Gasteiger partial charge is 0.417 e. The van der Waals surface area contributed by atoms with Crippen molar-refractivity contribution in [2.24, 2.45) is 0 Å². The van der Waals surface area contributed by atoms with E-state index in [9.17, 15) is 18.0 Å². The van der Waals surface area contributed by atoms with E-state index in [-0.39, 0.29) is 30.1 Å². The second kappa shape index (κ2) is 8.42. The molecule has 0 fully saturated rings. The predicted molar refractivity (Wildman–Crippen MR) is 102 cm³/mol. The Morgan fingerprint density at radius 1 is 1.27 bits per heavy atom. The van der Waals surface area contributed by atoms with Gasteiger partial charge >= 0.3 is 12.1 Å². The fourth-order valence-electron chi connectivity index (χ4n) is 2.97. The number of fused-ring (bicyclic) bond motifs is 1.